The van der Waals surface area contributed by atoms with Crippen molar-refractivity contribution in [2.75, 3.05) is 6.54 Å². The lowest BCUT2D eigenvalue weighted by atomic mass is 9.91. The molecule has 0 fully saturated rings. The van der Waals surface area contributed by atoms with E-state index in [2.05, 4.69) is 55.8 Å². The second-order valence-corrected chi connectivity index (χ2v) is 7.11. The van der Waals surface area contributed by atoms with Gasteiger partial charge in [-0.25, -0.2) is 0 Å². The summed E-state index contributed by atoms with van der Waals surface area (Å²) in [5.41, 5.74) is 0.0533. The van der Waals surface area contributed by atoms with Crippen LogP contribution in [0.4, 0.5) is 0 Å². The fourth-order valence-electron chi connectivity index (χ4n) is 2.12. The van der Waals surface area contributed by atoms with Gasteiger partial charge in [0.15, 0.2) is 0 Å². The van der Waals surface area contributed by atoms with Gasteiger partial charge in [0.2, 0.25) is 5.91 Å². The van der Waals surface area contributed by atoms with Crippen LogP contribution in [0.15, 0.2) is 17.5 Å². The molecule has 0 spiro atoms. The van der Waals surface area contributed by atoms with Crippen LogP contribution in [0.1, 0.15) is 52.3 Å². The number of hydrogen-bond acceptors (Lipinski definition) is 3. The van der Waals surface area contributed by atoms with Crippen molar-refractivity contribution in [2.45, 2.75) is 65.0 Å². The molecule has 114 valence electrons. The monoisotopic (exact) mass is 296 g/mol. The molecule has 0 aromatic carbocycles. The van der Waals surface area contributed by atoms with E-state index in [0.717, 1.165) is 19.4 Å². The Balaban J connectivity index is 2.42. The van der Waals surface area contributed by atoms with Gasteiger partial charge in [-0.05, 0) is 31.7 Å². The first kappa shape index (κ1) is 17.2. The molecule has 0 saturated carbocycles. The van der Waals surface area contributed by atoms with Gasteiger partial charge in [0.25, 0.3) is 0 Å². The molecule has 2 unspecified atom stereocenters. The minimum Gasteiger partial charge on any atom is -0.352 e. The van der Waals surface area contributed by atoms with E-state index >= 15 is 0 Å². The van der Waals surface area contributed by atoms with Gasteiger partial charge < -0.3 is 10.6 Å². The Morgan fingerprint density at radius 2 is 2.10 bits per heavy atom. The van der Waals surface area contributed by atoms with E-state index in [-0.39, 0.29) is 23.4 Å². The van der Waals surface area contributed by atoms with Crippen molar-refractivity contribution in [1.82, 2.24) is 10.6 Å². The Kier molecular flexibility index (Phi) is 6.69. The normalized spacial score (nSPS) is 14.8. The molecule has 0 aliphatic carbocycles. The summed E-state index contributed by atoms with van der Waals surface area (Å²) in [6.07, 6.45) is 2.12. The molecule has 0 bridgehead atoms. The number of carbonyl (C=O) groups is 1. The summed E-state index contributed by atoms with van der Waals surface area (Å²) >= 11 is 1.77. The highest BCUT2D eigenvalue weighted by atomic mass is 32.1. The van der Waals surface area contributed by atoms with Crippen LogP contribution >= 0.6 is 11.3 Å². The SMILES string of the molecule is CCCC(C)NC(=O)C(C)NCC(C)(C)c1cccs1. The van der Waals surface area contributed by atoms with Crippen LogP contribution < -0.4 is 10.6 Å². The summed E-state index contributed by atoms with van der Waals surface area (Å²) in [5, 5.41) is 8.50. The number of carbonyl (C=O) groups excluding carboxylic acids is 1. The molecule has 0 aliphatic rings. The van der Waals surface area contributed by atoms with E-state index in [1.54, 1.807) is 11.3 Å². The Hall–Kier alpha value is -0.870. The van der Waals surface area contributed by atoms with Crippen LogP contribution in [0.5, 0.6) is 0 Å². The Morgan fingerprint density at radius 3 is 2.65 bits per heavy atom. The van der Waals surface area contributed by atoms with Gasteiger partial charge >= 0.3 is 0 Å². The maximum Gasteiger partial charge on any atom is 0.237 e. The summed E-state index contributed by atoms with van der Waals surface area (Å²) in [5.74, 6) is 0.0907. The zero-order valence-electron chi connectivity index (χ0n) is 13.3. The second-order valence-electron chi connectivity index (χ2n) is 6.16. The van der Waals surface area contributed by atoms with Crippen molar-refractivity contribution in [3.05, 3.63) is 22.4 Å². The molecule has 0 saturated heterocycles. The quantitative estimate of drug-likeness (QED) is 0.773. The third kappa shape index (κ3) is 5.25. The second kappa shape index (κ2) is 7.79. The van der Waals surface area contributed by atoms with Crippen molar-refractivity contribution in [3.63, 3.8) is 0 Å². The molecule has 4 heteroatoms. The van der Waals surface area contributed by atoms with E-state index < -0.39 is 0 Å². The molecule has 3 nitrogen and oxygen atoms in total. The lowest BCUT2D eigenvalue weighted by molar-refractivity contribution is -0.123. The van der Waals surface area contributed by atoms with Crippen molar-refractivity contribution < 1.29 is 4.79 Å². The highest BCUT2D eigenvalue weighted by Gasteiger charge is 2.24. The number of rotatable bonds is 8. The highest BCUT2D eigenvalue weighted by Crippen LogP contribution is 2.26. The van der Waals surface area contributed by atoms with Crippen molar-refractivity contribution in [2.24, 2.45) is 0 Å². The van der Waals surface area contributed by atoms with E-state index in [9.17, 15) is 4.79 Å². The summed E-state index contributed by atoms with van der Waals surface area (Å²) in [4.78, 5) is 13.4. The Bertz CT molecular complexity index is 401. The molecule has 0 radical (unpaired) electrons. The van der Waals surface area contributed by atoms with Gasteiger partial charge in [0.05, 0.1) is 6.04 Å². The molecule has 1 rings (SSSR count). The molecule has 2 N–H and O–H groups in total. The predicted octanol–water partition coefficient (Wildman–Crippen LogP) is 3.31. The molecule has 1 aromatic heterocycles. The molecule has 20 heavy (non-hydrogen) atoms. The minimum atomic E-state index is -0.159. The maximum atomic E-state index is 12.1. The fourth-order valence-corrected chi connectivity index (χ4v) is 2.98. The van der Waals surface area contributed by atoms with Gasteiger partial charge in [0, 0.05) is 22.9 Å². The Labute approximate surface area is 127 Å². The zero-order chi connectivity index (χ0) is 15.2. The van der Waals surface area contributed by atoms with Crippen LogP contribution in [0.2, 0.25) is 0 Å². The summed E-state index contributed by atoms with van der Waals surface area (Å²) in [7, 11) is 0. The van der Waals surface area contributed by atoms with E-state index in [1.165, 1.54) is 4.88 Å². The van der Waals surface area contributed by atoms with Crippen LogP contribution in [0.3, 0.4) is 0 Å². The molecule has 1 heterocycles. The van der Waals surface area contributed by atoms with Crippen LogP contribution in [0.25, 0.3) is 0 Å². The van der Waals surface area contributed by atoms with Gasteiger partial charge in [-0.1, -0.05) is 33.3 Å². The molecule has 0 aliphatic heterocycles. The predicted molar refractivity (Wildman–Crippen MR) is 87.3 cm³/mol. The van der Waals surface area contributed by atoms with Crippen LogP contribution in [0, 0.1) is 0 Å². The molecule has 2 atom stereocenters. The van der Waals surface area contributed by atoms with Crippen molar-refractivity contribution in [3.8, 4) is 0 Å². The van der Waals surface area contributed by atoms with Gasteiger partial charge in [0.1, 0.15) is 0 Å². The average molecular weight is 296 g/mol. The van der Waals surface area contributed by atoms with Crippen molar-refractivity contribution >= 4 is 17.2 Å². The number of amides is 1. The molecule has 1 amide bonds. The first-order valence-electron chi connectivity index (χ1n) is 7.44. The smallest absolute Gasteiger partial charge is 0.237 e. The van der Waals surface area contributed by atoms with Crippen LogP contribution in [-0.4, -0.2) is 24.5 Å². The first-order valence-corrected chi connectivity index (χ1v) is 8.32. The fraction of sp³-hybridized carbons (Fsp3) is 0.688. The number of hydrogen-bond donors (Lipinski definition) is 2. The molecule has 1 aromatic rings. The van der Waals surface area contributed by atoms with E-state index in [1.807, 2.05) is 6.92 Å². The largest absolute Gasteiger partial charge is 0.352 e. The third-order valence-corrected chi connectivity index (χ3v) is 4.78. The zero-order valence-corrected chi connectivity index (χ0v) is 14.1. The highest BCUT2D eigenvalue weighted by molar-refractivity contribution is 7.10. The standard InChI is InChI=1S/C16H28N2OS/c1-6-8-12(2)18-15(19)13(3)17-11-16(4,5)14-9-7-10-20-14/h7,9-10,12-13,17H,6,8,11H2,1-5H3,(H,18,19). The van der Waals surface area contributed by atoms with Gasteiger partial charge in [-0.3, -0.25) is 4.79 Å². The molecular weight excluding hydrogens is 268 g/mol. The Morgan fingerprint density at radius 1 is 1.40 bits per heavy atom. The lowest BCUT2D eigenvalue weighted by Crippen LogP contribution is -2.48. The topological polar surface area (TPSA) is 41.1 Å². The maximum absolute atomic E-state index is 12.1. The summed E-state index contributed by atoms with van der Waals surface area (Å²) in [6, 6.07) is 4.32. The number of nitrogens with one attached hydrogen (secondary N) is 2. The van der Waals surface area contributed by atoms with E-state index in [4.69, 9.17) is 0 Å². The lowest BCUT2D eigenvalue weighted by Gasteiger charge is -2.26. The third-order valence-electron chi connectivity index (χ3n) is 3.54. The first-order chi connectivity index (χ1) is 9.36. The minimum absolute atomic E-state index is 0.0533. The van der Waals surface area contributed by atoms with E-state index in [0.29, 0.717) is 0 Å². The summed E-state index contributed by atoms with van der Waals surface area (Å²) < 4.78 is 0. The molecular formula is C16H28N2OS. The van der Waals surface area contributed by atoms with Crippen LogP contribution in [-0.2, 0) is 10.2 Å². The average Bonchev–Trinajstić information content (AvgIpc) is 2.90. The number of thiophene rings is 1. The van der Waals surface area contributed by atoms with Gasteiger partial charge in [-0.15, -0.1) is 11.3 Å². The van der Waals surface area contributed by atoms with Gasteiger partial charge in [-0.2, -0.15) is 0 Å². The van der Waals surface area contributed by atoms with Crippen molar-refractivity contribution in [1.29, 1.82) is 0 Å². The summed E-state index contributed by atoms with van der Waals surface area (Å²) in [6.45, 7) is 11.3.